The van der Waals surface area contributed by atoms with Crippen molar-refractivity contribution in [1.29, 1.82) is 0 Å². The van der Waals surface area contributed by atoms with Gasteiger partial charge in [0.05, 0.1) is 22.8 Å². The molecule has 38 heavy (non-hydrogen) atoms. The Morgan fingerprint density at radius 2 is 2.03 bits per heavy atom. The van der Waals surface area contributed by atoms with Crippen molar-refractivity contribution in [3.63, 3.8) is 0 Å². The van der Waals surface area contributed by atoms with Crippen molar-refractivity contribution in [1.82, 2.24) is 14.9 Å². The van der Waals surface area contributed by atoms with Gasteiger partial charge in [0, 0.05) is 17.1 Å². The molecular weight excluding hydrogens is 505 g/mol. The number of piperidine rings is 1. The molecule has 2 heterocycles. The lowest BCUT2D eigenvalue weighted by Crippen LogP contribution is -2.47. The number of likely N-dealkylation sites (tertiary alicyclic amines) is 1. The number of nitrogens with one attached hydrogen (secondary N) is 2. The summed E-state index contributed by atoms with van der Waals surface area (Å²) in [4.78, 5) is 23.8. The van der Waals surface area contributed by atoms with Crippen LogP contribution in [0.3, 0.4) is 0 Å². The molecule has 1 aliphatic heterocycles. The lowest BCUT2D eigenvalue weighted by atomic mass is 9.58. The Hall–Kier alpha value is -3.23. The van der Waals surface area contributed by atoms with E-state index in [1.807, 2.05) is 19.1 Å². The molecule has 200 valence electrons. The summed E-state index contributed by atoms with van der Waals surface area (Å²) in [5.74, 6) is 0.858. The summed E-state index contributed by atoms with van der Waals surface area (Å²) in [5.41, 5.74) is 2.27. The highest BCUT2D eigenvalue weighted by Gasteiger charge is 2.45. The van der Waals surface area contributed by atoms with Crippen LogP contribution >= 0.6 is 11.6 Å². The van der Waals surface area contributed by atoms with Crippen LogP contribution in [0, 0.1) is 17.2 Å². The summed E-state index contributed by atoms with van der Waals surface area (Å²) in [6.07, 6.45) is 10.4. The largest absolute Gasteiger partial charge is 0.491 e. The Morgan fingerprint density at radius 3 is 2.76 bits per heavy atom. The summed E-state index contributed by atoms with van der Waals surface area (Å²) >= 11 is 5.95. The number of rotatable bonds is 8. The maximum absolute atomic E-state index is 13.6. The Labute approximate surface area is 227 Å². The number of ether oxygens (including phenoxy) is 1. The van der Waals surface area contributed by atoms with E-state index < -0.39 is 5.82 Å². The number of anilines is 3. The minimum atomic E-state index is -0.495. The quantitative estimate of drug-likeness (QED) is 0.316. The smallest absolute Gasteiger partial charge is 0.248 e. The number of hydrogen-bond acceptors (Lipinski definition) is 6. The molecule has 2 N–H and O–H groups in total. The fourth-order valence-corrected chi connectivity index (χ4v) is 5.68. The van der Waals surface area contributed by atoms with Crippen LogP contribution in [-0.2, 0) is 4.79 Å². The van der Waals surface area contributed by atoms with Crippen LogP contribution in [0.25, 0.3) is 10.9 Å². The zero-order chi connectivity index (χ0) is 26.7. The van der Waals surface area contributed by atoms with E-state index in [2.05, 4.69) is 32.5 Å². The highest BCUT2D eigenvalue weighted by atomic mass is 35.5. The van der Waals surface area contributed by atoms with Crippen LogP contribution in [-0.4, -0.2) is 47.5 Å². The van der Waals surface area contributed by atoms with Gasteiger partial charge in [-0.25, -0.2) is 14.4 Å². The third kappa shape index (κ3) is 5.92. The van der Waals surface area contributed by atoms with Gasteiger partial charge in [-0.3, -0.25) is 4.79 Å². The molecule has 1 spiro atoms. The number of carbonyl (C=O) groups excluding carboxylic acids is 1. The number of allylic oxidation sites excluding steroid dienone is 1. The lowest BCUT2D eigenvalue weighted by molar-refractivity contribution is -0.111. The number of nitrogens with zero attached hydrogens (tertiary/aromatic N) is 3. The average Bonchev–Trinajstić information content (AvgIpc) is 2.88. The molecule has 9 heteroatoms. The first-order valence-corrected chi connectivity index (χ1v) is 13.5. The number of carbonyl (C=O) groups is 1. The van der Waals surface area contributed by atoms with Crippen molar-refractivity contribution in [3.8, 4) is 5.75 Å². The van der Waals surface area contributed by atoms with Crippen molar-refractivity contribution in [2.45, 2.75) is 39.0 Å². The normalized spacial score (nSPS) is 17.6. The number of hydrogen-bond donors (Lipinski definition) is 2. The van der Waals surface area contributed by atoms with E-state index in [-0.39, 0.29) is 10.9 Å². The van der Waals surface area contributed by atoms with Crippen molar-refractivity contribution < 1.29 is 13.9 Å². The maximum Gasteiger partial charge on any atom is 0.248 e. The van der Waals surface area contributed by atoms with Gasteiger partial charge in [-0.05, 0) is 93.9 Å². The van der Waals surface area contributed by atoms with Gasteiger partial charge in [0.25, 0.3) is 0 Å². The van der Waals surface area contributed by atoms with Crippen molar-refractivity contribution in [2.24, 2.45) is 11.3 Å². The Kier molecular flexibility index (Phi) is 7.81. The molecule has 5 rings (SSSR count). The van der Waals surface area contributed by atoms with E-state index in [1.54, 1.807) is 12.1 Å². The fourth-order valence-electron chi connectivity index (χ4n) is 5.50. The molecule has 1 aliphatic carbocycles. The first kappa shape index (κ1) is 26.4. The Balaban J connectivity index is 1.38. The first-order chi connectivity index (χ1) is 18.3. The van der Waals surface area contributed by atoms with E-state index in [4.69, 9.17) is 16.3 Å². The van der Waals surface area contributed by atoms with Gasteiger partial charge in [0.15, 0.2) is 0 Å². The third-order valence-corrected chi connectivity index (χ3v) is 7.94. The number of aromatic nitrogens is 2. The van der Waals surface area contributed by atoms with Gasteiger partial charge in [-0.2, -0.15) is 0 Å². The lowest BCUT2D eigenvalue weighted by Gasteiger charge is -2.51. The molecule has 1 saturated carbocycles. The van der Waals surface area contributed by atoms with Crippen LogP contribution in [0.4, 0.5) is 21.6 Å². The number of fused-ring (bicyclic) bond motifs is 1. The molecule has 3 aromatic rings. The average molecular weight is 538 g/mol. The summed E-state index contributed by atoms with van der Waals surface area (Å²) in [5, 5.41) is 6.83. The second-order valence-electron chi connectivity index (χ2n) is 10.5. The van der Waals surface area contributed by atoms with E-state index >= 15 is 0 Å². The molecule has 0 unspecified atom stereocenters. The predicted molar refractivity (Wildman–Crippen MR) is 150 cm³/mol. The van der Waals surface area contributed by atoms with Crippen LogP contribution in [0.15, 0.2) is 48.8 Å². The SMILES string of the molecule is CC/C=C/C(=O)Nc1cc2c(Nc3ccc(F)c(Cl)c3)ncnc2cc1OCC1CC2(CCN(C)CC2)C1. The maximum atomic E-state index is 13.6. The van der Waals surface area contributed by atoms with Crippen LogP contribution < -0.4 is 15.4 Å². The van der Waals surface area contributed by atoms with Gasteiger partial charge in [-0.1, -0.05) is 24.6 Å². The number of amides is 1. The minimum absolute atomic E-state index is 0.0118. The van der Waals surface area contributed by atoms with Crippen LogP contribution in [0.1, 0.15) is 39.0 Å². The Morgan fingerprint density at radius 1 is 1.24 bits per heavy atom. The highest BCUT2D eigenvalue weighted by Crippen LogP contribution is 2.52. The molecule has 1 amide bonds. The highest BCUT2D eigenvalue weighted by molar-refractivity contribution is 6.31. The van der Waals surface area contributed by atoms with Gasteiger partial charge in [-0.15, -0.1) is 0 Å². The number of halogens is 2. The van der Waals surface area contributed by atoms with Crippen LogP contribution in [0.2, 0.25) is 5.02 Å². The molecule has 0 radical (unpaired) electrons. The topological polar surface area (TPSA) is 79.4 Å². The Bertz CT molecular complexity index is 1350. The van der Waals surface area contributed by atoms with Crippen molar-refractivity contribution in [2.75, 3.05) is 37.4 Å². The molecule has 1 aromatic heterocycles. The van der Waals surface area contributed by atoms with E-state index in [1.165, 1.54) is 63.3 Å². The summed E-state index contributed by atoms with van der Waals surface area (Å²) in [6.45, 7) is 4.90. The minimum Gasteiger partial charge on any atom is -0.491 e. The predicted octanol–water partition coefficient (Wildman–Crippen LogP) is 6.57. The molecule has 2 aliphatic rings. The zero-order valence-corrected chi connectivity index (χ0v) is 22.5. The van der Waals surface area contributed by atoms with Gasteiger partial charge in [0.2, 0.25) is 5.91 Å². The third-order valence-electron chi connectivity index (χ3n) is 7.65. The van der Waals surface area contributed by atoms with Gasteiger partial charge >= 0.3 is 0 Å². The van der Waals surface area contributed by atoms with Crippen molar-refractivity contribution in [3.05, 3.63) is 59.7 Å². The van der Waals surface area contributed by atoms with E-state index in [0.717, 1.165) is 6.42 Å². The molecule has 2 aromatic carbocycles. The van der Waals surface area contributed by atoms with Crippen molar-refractivity contribution >= 4 is 45.6 Å². The summed E-state index contributed by atoms with van der Waals surface area (Å²) < 4.78 is 19.9. The fraction of sp³-hybridized carbons (Fsp3) is 0.414. The first-order valence-electron chi connectivity index (χ1n) is 13.1. The standard InChI is InChI=1S/C29H33ClFN5O2/c1-3-4-5-27(37)35-25-13-21-24(32-18-33-28(21)34-20-6-7-23(31)22(30)12-20)14-26(25)38-17-19-15-29(16-19)8-10-36(2)11-9-29/h4-7,12-14,18-19H,3,8-11,15-17H2,1-2H3,(H,35,37)(H,32,33,34)/b5-4+. The molecule has 0 bridgehead atoms. The molecule has 1 saturated heterocycles. The molecule has 2 fully saturated rings. The second kappa shape index (κ2) is 11.3. The summed E-state index contributed by atoms with van der Waals surface area (Å²) in [7, 11) is 2.19. The van der Waals surface area contributed by atoms with Crippen LogP contribution in [0.5, 0.6) is 5.75 Å². The van der Waals surface area contributed by atoms with E-state index in [0.29, 0.717) is 51.8 Å². The number of benzene rings is 2. The van der Waals surface area contributed by atoms with Gasteiger partial charge < -0.3 is 20.3 Å². The molecule has 7 nitrogen and oxygen atoms in total. The van der Waals surface area contributed by atoms with Gasteiger partial charge in [0.1, 0.15) is 23.7 Å². The van der Waals surface area contributed by atoms with E-state index in [9.17, 15) is 9.18 Å². The summed E-state index contributed by atoms with van der Waals surface area (Å²) in [6, 6.07) is 8.02. The second-order valence-corrected chi connectivity index (χ2v) is 10.9. The monoisotopic (exact) mass is 537 g/mol. The molecule has 0 atom stereocenters. The zero-order valence-electron chi connectivity index (χ0n) is 21.8. The molecular formula is C29H33ClFN5O2.